The van der Waals surface area contributed by atoms with Crippen LogP contribution in [0.15, 0.2) is 0 Å². The highest BCUT2D eigenvalue weighted by Gasteiger charge is 2.41. The van der Waals surface area contributed by atoms with Crippen LogP contribution in [-0.2, 0) is 4.79 Å². The van der Waals surface area contributed by atoms with Crippen molar-refractivity contribution < 1.29 is 4.79 Å². The lowest BCUT2D eigenvalue weighted by Crippen LogP contribution is -2.53. The maximum Gasteiger partial charge on any atom is 0.237 e. The highest BCUT2D eigenvalue weighted by molar-refractivity contribution is 5.85. The van der Waals surface area contributed by atoms with E-state index in [2.05, 4.69) is 0 Å². The topological polar surface area (TPSA) is 69.1 Å². The fourth-order valence-corrected chi connectivity index (χ4v) is 1.57. The van der Waals surface area contributed by atoms with Crippen LogP contribution in [0.1, 0.15) is 26.2 Å². The number of amides is 1. The Kier molecular flexibility index (Phi) is 1.68. The first-order valence-corrected chi connectivity index (χ1v) is 3.66. The number of hydrogen-bond donors (Lipinski definition) is 2. The van der Waals surface area contributed by atoms with E-state index in [1.807, 2.05) is 6.92 Å². The summed E-state index contributed by atoms with van der Waals surface area (Å²) in [7, 11) is 0. The third kappa shape index (κ3) is 0.904. The van der Waals surface area contributed by atoms with Crippen LogP contribution in [0.2, 0.25) is 0 Å². The lowest BCUT2D eigenvalue weighted by Gasteiger charge is -2.24. The zero-order chi connectivity index (χ0) is 7.78. The van der Waals surface area contributed by atoms with E-state index < -0.39 is 5.54 Å². The Balaban J connectivity index is 2.75. The molecular weight excluding hydrogens is 128 g/mol. The first-order valence-electron chi connectivity index (χ1n) is 3.66. The summed E-state index contributed by atoms with van der Waals surface area (Å²) in [5.74, 6) is -0.0949. The molecule has 3 heteroatoms. The first kappa shape index (κ1) is 7.54. The normalized spacial score (nSPS) is 40.0. The Bertz CT molecular complexity index is 158. The van der Waals surface area contributed by atoms with Crippen LogP contribution in [0, 0.1) is 5.92 Å². The number of primary amides is 1. The molecule has 0 aromatic carbocycles. The average molecular weight is 142 g/mol. The highest BCUT2D eigenvalue weighted by atomic mass is 16.1. The number of hydrogen-bond acceptors (Lipinski definition) is 2. The van der Waals surface area contributed by atoms with Crippen molar-refractivity contribution in [1.29, 1.82) is 0 Å². The van der Waals surface area contributed by atoms with E-state index in [9.17, 15) is 4.79 Å². The molecule has 0 spiro atoms. The maximum absolute atomic E-state index is 10.8. The van der Waals surface area contributed by atoms with E-state index >= 15 is 0 Å². The van der Waals surface area contributed by atoms with Crippen LogP contribution in [0.4, 0.5) is 0 Å². The Morgan fingerprint density at radius 1 is 1.70 bits per heavy atom. The zero-order valence-corrected chi connectivity index (χ0v) is 6.26. The summed E-state index contributed by atoms with van der Waals surface area (Å²) in [4.78, 5) is 10.8. The van der Waals surface area contributed by atoms with Gasteiger partial charge in [0.05, 0.1) is 5.54 Å². The van der Waals surface area contributed by atoms with Gasteiger partial charge in [-0.05, 0) is 18.8 Å². The van der Waals surface area contributed by atoms with Gasteiger partial charge < -0.3 is 11.5 Å². The minimum absolute atomic E-state index is 0.255. The second-order valence-corrected chi connectivity index (χ2v) is 3.20. The molecule has 1 aliphatic rings. The minimum Gasteiger partial charge on any atom is -0.368 e. The fraction of sp³-hybridized carbons (Fsp3) is 0.857. The van der Waals surface area contributed by atoms with Crippen molar-refractivity contribution in [1.82, 2.24) is 0 Å². The molecule has 3 nitrogen and oxygen atoms in total. The highest BCUT2D eigenvalue weighted by Crippen LogP contribution is 2.32. The van der Waals surface area contributed by atoms with E-state index in [1.54, 1.807) is 0 Å². The van der Waals surface area contributed by atoms with Crippen molar-refractivity contribution in [3.63, 3.8) is 0 Å². The predicted molar refractivity (Wildman–Crippen MR) is 39.1 cm³/mol. The van der Waals surface area contributed by atoms with Gasteiger partial charge in [0.1, 0.15) is 0 Å². The van der Waals surface area contributed by atoms with Crippen molar-refractivity contribution in [2.24, 2.45) is 17.4 Å². The van der Waals surface area contributed by atoms with Gasteiger partial charge in [0.2, 0.25) is 5.91 Å². The molecule has 0 saturated heterocycles. The monoisotopic (exact) mass is 142 g/mol. The van der Waals surface area contributed by atoms with Crippen LogP contribution in [-0.4, -0.2) is 11.4 Å². The summed E-state index contributed by atoms with van der Waals surface area (Å²) in [5.41, 5.74) is 10.2. The van der Waals surface area contributed by atoms with Crippen LogP contribution in [0.25, 0.3) is 0 Å². The van der Waals surface area contributed by atoms with Crippen molar-refractivity contribution in [3.05, 3.63) is 0 Å². The summed E-state index contributed by atoms with van der Waals surface area (Å²) in [5, 5.41) is 0. The van der Waals surface area contributed by atoms with Gasteiger partial charge in [0.25, 0.3) is 0 Å². The molecule has 0 unspecified atom stereocenters. The Morgan fingerprint density at radius 3 is 2.50 bits per heavy atom. The Labute approximate surface area is 60.8 Å². The van der Waals surface area contributed by atoms with Gasteiger partial charge >= 0.3 is 0 Å². The van der Waals surface area contributed by atoms with Crippen molar-refractivity contribution >= 4 is 5.91 Å². The Morgan fingerprint density at radius 2 is 2.30 bits per heavy atom. The molecule has 1 rings (SSSR count). The molecule has 4 N–H and O–H groups in total. The quantitative estimate of drug-likeness (QED) is 0.540. The third-order valence-electron chi connectivity index (χ3n) is 2.57. The number of carbonyl (C=O) groups excluding carboxylic acids is 1. The molecule has 1 saturated carbocycles. The van der Waals surface area contributed by atoms with Crippen LogP contribution in [0.5, 0.6) is 0 Å². The standard InChI is InChI=1S/C7H14N2O/c1-5-3-2-4-7(5,9)6(8)10/h5H,2-4,9H2,1H3,(H2,8,10)/t5-,7+/m0/s1. The molecule has 0 aliphatic heterocycles. The SMILES string of the molecule is C[C@H]1CCC[C@]1(N)C(N)=O. The van der Waals surface area contributed by atoms with Gasteiger partial charge in [0, 0.05) is 0 Å². The summed E-state index contributed by atoms with van der Waals surface area (Å²) in [6.07, 6.45) is 2.81. The molecular formula is C7H14N2O. The molecule has 1 fully saturated rings. The first-order chi connectivity index (χ1) is 4.57. The van der Waals surface area contributed by atoms with Crippen LogP contribution < -0.4 is 11.5 Å². The molecule has 2 atom stereocenters. The van der Waals surface area contributed by atoms with Crippen molar-refractivity contribution in [2.45, 2.75) is 31.7 Å². The zero-order valence-electron chi connectivity index (χ0n) is 6.26. The van der Waals surface area contributed by atoms with Crippen molar-refractivity contribution in [2.75, 3.05) is 0 Å². The van der Waals surface area contributed by atoms with E-state index in [1.165, 1.54) is 0 Å². The predicted octanol–water partition coefficient (Wildman–Crippen LogP) is -0.0108. The number of rotatable bonds is 1. The summed E-state index contributed by atoms with van der Waals surface area (Å²) in [6.45, 7) is 1.98. The molecule has 0 heterocycles. The molecule has 0 aromatic rings. The molecule has 10 heavy (non-hydrogen) atoms. The largest absolute Gasteiger partial charge is 0.368 e. The summed E-state index contributed by atoms with van der Waals surface area (Å²) in [6, 6.07) is 0. The average Bonchev–Trinajstić information content (AvgIpc) is 2.15. The van der Waals surface area contributed by atoms with E-state index in [0.717, 1.165) is 19.3 Å². The fourth-order valence-electron chi connectivity index (χ4n) is 1.57. The maximum atomic E-state index is 10.8. The third-order valence-corrected chi connectivity index (χ3v) is 2.57. The summed E-state index contributed by atoms with van der Waals surface area (Å²) >= 11 is 0. The number of carbonyl (C=O) groups is 1. The van der Waals surface area contributed by atoms with E-state index in [4.69, 9.17) is 11.5 Å². The molecule has 1 amide bonds. The lowest BCUT2D eigenvalue weighted by molar-refractivity contribution is -0.124. The van der Waals surface area contributed by atoms with Gasteiger partial charge in [-0.2, -0.15) is 0 Å². The van der Waals surface area contributed by atoms with Gasteiger partial charge in [-0.15, -0.1) is 0 Å². The summed E-state index contributed by atoms with van der Waals surface area (Å²) < 4.78 is 0. The smallest absolute Gasteiger partial charge is 0.237 e. The molecule has 0 aromatic heterocycles. The van der Waals surface area contributed by atoms with Gasteiger partial charge in [0.15, 0.2) is 0 Å². The van der Waals surface area contributed by atoms with Crippen LogP contribution >= 0.6 is 0 Å². The number of nitrogens with two attached hydrogens (primary N) is 2. The van der Waals surface area contributed by atoms with E-state index in [-0.39, 0.29) is 11.8 Å². The van der Waals surface area contributed by atoms with Gasteiger partial charge in [-0.25, -0.2) is 0 Å². The van der Waals surface area contributed by atoms with Gasteiger partial charge in [-0.1, -0.05) is 13.3 Å². The Hall–Kier alpha value is -0.570. The van der Waals surface area contributed by atoms with Gasteiger partial charge in [-0.3, -0.25) is 4.79 Å². The molecule has 58 valence electrons. The molecule has 1 aliphatic carbocycles. The lowest BCUT2D eigenvalue weighted by atomic mass is 9.89. The minimum atomic E-state index is -0.708. The molecule has 0 radical (unpaired) electrons. The van der Waals surface area contributed by atoms with Crippen molar-refractivity contribution in [3.8, 4) is 0 Å². The second-order valence-electron chi connectivity index (χ2n) is 3.20. The van der Waals surface area contributed by atoms with E-state index in [0.29, 0.717) is 0 Å². The molecule has 0 bridgehead atoms. The second kappa shape index (κ2) is 2.23. The van der Waals surface area contributed by atoms with Crippen LogP contribution in [0.3, 0.4) is 0 Å².